The second-order valence-electron chi connectivity index (χ2n) is 6.47. The molecule has 25 heavy (non-hydrogen) atoms. The van der Waals surface area contributed by atoms with E-state index >= 15 is 0 Å². The largest absolute Gasteiger partial charge is 0.497 e. The van der Waals surface area contributed by atoms with Gasteiger partial charge in [0.05, 0.1) is 12.8 Å². The number of benzene rings is 1. The Hall–Kier alpha value is -2.60. The maximum atomic E-state index is 12.4. The van der Waals surface area contributed by atoms with Gasteiger partial charge < -0.3 is 9.47 Å². The minimum absolute atomic E-state index is 0.0572. The lowest BCUT2D eigenvalue weighted by atomic mass is 10.1. The van der Waals surface area contributed by atoms with Crippen LogP contribution >= 0.6 is 11.6 Å². The molecule has 0 amide bonds. The van der Waals surface area contributed by atoms with Crippen LogP contribution in [0.2, 0.25) is 5.28 Å². The van der Waals surface area contributed by atoms with Gasteiger partial charge in [-0.2, -0.15) is 4.98 Å². The zero-order valence-corrected chi connectivity index (χ0v) is 15.2. The number of fused-ring (bicyclic) bond motifs is 1. The number of carbonyl (C=O) groups is 1. The number of hydrogen-bond donors (Lipinski definition) is 0. The Labute approximate surface area is 150 Å². The maximum Gasteiger partial charge on any atom is 0.420 e. The van der Waals surface area contributed by atoms with Gasteiger partial charge in [-0.3, -0.25) is 0 Å². The molecule has 130 valence electrons. The smallest absolute Gasteiger partial charge is 0.420 e. The summed E-state index contributed by atoms with van der Waals surface area (Å²) in [6.07, 6.45) is 1.09. The van der Waals surface area contributed by atoms with Gasteiger partial charge in [0.2, 0.25) is 5.28 Å². The number of rotatable bonds is 2. The molecule has 0 saturated heterocycles. The summed E-state index contributed by atoms with van der Waals surface area (Å²) in [5.41, 5.74) is 1.28. The van der Waals surface area contributed by atoms with Gasteiger partial charge in [0, 0.05) is 17.1 Å². The highest BCUT2D eigenvalue weighted by molar-refractivity contribution is 6.28. The molecule has 0 unspecified atom stereocenters. The van der Waals surface area contributed by atoms with E-state index in [4.69, 9.17) is 21.1 Å². The number of ether oxygens (including phenoxy) is 2. The van der Waals surface area contributed by atoms with Crippen molar-refractivity contribution in [2.45, 2.75) is 26.4 Å². The quantitative estimate of drug-likeness (QED) is 0.628. The first kappa shape index (κ1) is 17.2. The summed E-state index contributed by atoms with van der Waals surface area (Å²) >= 11 is 6.09. The molecule has 7 heteroatoms. The van der Waals surface area contributed by atoms with Crippen LogP contribution in [0.15, 0.2) is 36.5 Å². The maximum absolute atomic E-state index is 12.4. The zero-order chi connectivity index (χ0) is 18.2. The molecule has 0 atom stereocenters. The highest BCUT2D eigenvalue weighted by Gasteiger charge is 2.21. The van der Waals surface area contributed by atoms with Gasteiger partial charge in [-0.25, -0.2) is 14.3 Å². The molecule has 0 aliphatic rings. The minimum Gasteiger partial charge on any atom is -0.497 e. The number of halogens is 1. The summed E-state index contributed by atoms with van der Waals surface area (Å²) in [4.78, 5) is 20.9. The third kappa shape index (κ3) is 3.58. The third-order valence-corrected chi connectivity index (χ3v) is 3.64. The normalized spacial score (nSPS) is 11.6. The number of methoxy groups -OCH3 is 1. The Morgan fingerprint density at radius 3 is 2.40 bits per heavy atom. The van der Waals surface area contributed by atoms with E-state index in [0.717, 1.165) is 11.3 Å². The van der Waals surface area contributed by atoms with Crippen LogP contribution in [0.5, 0.6) is 5.75 Å². The molecule has 0 N–H and O–H groups in total. The zero-order valence-electron chi connectivity index (χ0n) is 14.4. The Bertz CT molecular complexity index is 927. The van der Waals surface area contributed by atoms with Crippen LogP contribution in [-0.2, 0) is 4.74 Å². The van der Waals surface area contributed by atoms with E-state index in [1.807, 2.05) is 24.3 Å². The summed E-state index contributed by atoms with van der Waals surface area (Å²) in [6, 6.07) is 9.20. The fourth-order valence-electron chi connectivity index (χ4n) is 2.42. The van der Waals surface area contributed by atoms with Crippen molar-refractivity contribution in [2.75, 3.05) is 7.11 Å². The molecule has 1 aromatic carbocycles. The minimum atomic E-state index is -0.608. The Morgan fingerprint density at radius 2 is 1.80 bits per heavy atom. The summed E-state index contributed by atoms with van der Waals surface area (Å²) in [6.45, 7) is 5.42. The van der Waals surface area contributed by atoms with Crippen LogP contribution in [-0.4, -0.2) is 33.3 Å². The molecule has 0 aliphatic heterocycles. The van der Waals surface area contributed by atoms with E-state index in [1.165, 1.54) is 4.57 Å². The summed E-state index contributed by atoms with van der Waals surface area (Å²) in [5, 5.41) is 0.766. The van der Waals surface area contributed by atoms with Crippen molar-refractivity contribution in [2.24, 2.45) is 0 Å². The van der Waals surface area contributed by atoms with E-state index in [2.05, 4.69) is 9.97 Å². The highest BCUT2D eigenvalue weighted by atomic mass is 35.5. The van der Waals surface area contributed by atoms with Gasteiger partial charge in [0.25, 0.3) is 0 Å². The number of aromatic nitrogens is 3. The first-order valence-electron chi connectivity index (χ1n) is 7.71. The van der Waals surface area contributed by atoms with Gasteiger partial charge in [0.15, 0.2) is 5.65 Å². The van der Waals surface area contributed by atoms with Crippen molar-refractivity contribution in [3.63, 3.8) is 0 Å². The Kier molecular flexibility index (Phi) is 4.39. The first-order valence-corrected chi connectivity index (χ1v) is 8.08. The molecule has 0 radical (unpaired) electrons. The molecular weight excluding hydrogens is 342 g/mol. The highest BCUT2D eigenvalue weighted by Crippen LogP contribution is 2.29. The molecule has 0 bridgehead atoms. The van der Waals surface area contributed by atoms with Crippen LogP contribution in [0, 0.1) is 0 Å². The average Bonchev–Trinajstić information content (AvgIpc) is 2.96. The standard InChI is InChI=1S/C18H18ClN3O3/c1-18(2,3)25-17(23)22-10-9-13-14(20-16(19)21-15(13)22)11-5-7-12(24-4)8-6-11/h5-10H,1-4H3. The predicted octanol–water partition coefficient (Wildman–Crippen LogP) is 4.54. The summed E-state index contributed by atoms with van der Waals surface area (Å²) < 4.78 is 11.9. The van der Waals surface area contributed by atoms with E-state index < -0.39 is 11.7 Å². The van der Waals surface area contributed by atoms with E-state index in [0.29, 0.717) is 16.7 Å². The topological polar surface area (TPSA) is 66.2 Å². The van der Waals surface area contributed by atoms with Gasteiger partial charge >= 0.3 is 6.09 Å². The molecule has 3 rings (SSSR count). The van der Waals surface area contributed by atoms with Crippen molar-refractivity contribution in [1.82, 2.24) is 14.5 Å². The third-order valence-electron chi connectivity index (χ3n) is 3.47. The molecule has 0 aliphatic carbocycles. The number of carbonyl (C=O) groups excluding carboxylic acids is 1. The van der Waals surface area contributed by atoms with Gasteiger partial charge in [0.1, 0.15) is 11.4 Å². The molecule has 0 spiro atoms. The summed E-state index contributed by atoms with van der Waals surface area (Å²) in [7, 11) is 1.61. The molecule has 6 nitrogen and oxygen atoms in total. The van der Waals surface area contributed by atoms with E-state index in [1.54, 1.807) is 40.1 Å². The molecule has 0 saturated carbocycles. The number of hydrogen-bond acceptors (Lipinski definition) is 5. The monoisotopic (exact) mass is 359 g/mol. The van der Waals surface area contributed by atoms with Crippen molar-refractivity contribution >= 4 is 28.7 Å². The Balaban J connectivity index is 2.11. The summed E-state index contributed by atoms with van der Waals surface area (Å²) in [5.74, 6) is 0.742. The van der Waals surface area contributed by atoms with Crippen LogP contribution in [0.3, 0.4) is 0 Å². The van der Waals surface area contributed by atoms with Gasteiger partial charge in [-0.15, -0.1) is 0 Å². The van der Waals surface area contributed by atoms with Crippen molar-refractivity contribution < 1.29 is 14.3 Å². The Morgan fingerprint density at radius 1 is 1.12 bits per heavy atom. The van der Waals surface area contributed by atoms with Crippen LogP contribution in [0.25, 0.3) is 22.3 Å². The number of nitrogens with zero attached hydrogens (tertiary/aromatic N) is 3. The SMILES string of the molecule is COc1ccc(-c2nc(Cl)nc3c2ccn3C(=O)OC(C)(C)C)cc1. The van der Waals surface area contributed by atoms with E-state index in [9.17, 15) is 4.79 Å². The molecule has 2 aromatic heterocycles. The van der Waals surface area contributed by atoms with Crippen molar-refractivity contribution in [1.29, 1.82) is 0 Å². The van der Waals surface area contributed by atoms with Crippen LogP contribution < -0.4 is 4.74 Å². The van der Waals surface area contributed by atoms with Crippen molar-refractivity contribution in [3.05, 3.63) is 41.8 Å². The molecule has 0 fully saturated rings. The van der Waals surface area contributed by atoms with Crippen LogP contribution in [0.1, 0.15) is 20.8 Å². The predicted molar refractivity (Wildman–Crippen MR) is 96.2 cm³/mol. The fraction of sp³-hybridized carbons (Fsp3) is 0.278. The lowest BCUT2D eigenvalue weighted by Crippen LogP contribution is -2.26. The molecule has 2 heterocycles. The van der Waals surface area contributed by atoms with E-state index in [-0.39, 0.29) is 5.28 Å². The van der Waals surface area contributed by atoms with Gasteiger partial charge in [-0.1, -0.05) is 0 Å². The lowest BCUT2D eigenvalue weighted by molar-refractivity contribution is 0.0543. The molecule has 3 aromatic rings. The van der Waals surface area contributed by atoms with Crippen molar-refractivity contribution in [3.8, 4) is 17.0 Å². The second-order valence-corrected chi connectivity index (χ2v) is 6.81. The average molecular weight is 360 g/mol. The first-order chi connectivity index (χ1) is 11.8. The van der Waals surface area contributed by atoms with Crippen LogP contribution in [0.4, 0.5) is 4.79 Å². The fourth-order valence-corrected chi connectivity index (χ4v) is 2.58. The second kappa shape index (κ2) is 6.37. The lowest BCUT2D eigenvalue weighted by Gasteiger charge is -2.19. The van der Waals surface area contributed by atoms with Gasteiger partial charge in [-0.05, 0) is 62.7 Å². The molecular formula is C18H18ClN3O3.